The number of halogens is 1. The van der Waals surface area contributed by atoms with Crippen LogP contribution in [0.4, 0.5) is 10.1 Å². The number of benzene rings is 2. The van der Waals surface area contributed by atoms with Gasteiger partial charge >= 0.3 is 5.97 Å². The number of ether oxygens (including phenoxy) is 1. The van der Waals surface area contributed by atoms with Crippen LogP contribution in [0.25, 0.3) is 0 Å². The molecular weight excluding hydrogens is 375 g/mol. The Kier molecular flexibility index (Phi) is 4.61. The molecule has 2 heterocycles. The molecule has 0 spiro atoms. The first-order chi connectivity index (χ1) is 13.9. The van der Waals surface area contributed by atoms with Crippen LogP contribution >= 0.6 is 0 Å². The fourth-order valence-electron chi connectivity index (χ4n) is 4.26. The summed E-state index contributed by atoms with van der Waals surface area (Å²) in [5, 5.41) is 0. The molecule has 0 unspecified atom stereocenters. The van der Waals surface area contributed by atoms with Crippen molar-refractivity contribution < 1.29 is 23.5 Å². The molecule has 4 rings (SSSR count). The third-order valence-electron chi connectivity index (χ3n) is 5.40. The van der Waals surface area contributed by atoms with E-state index in [0.717, 1.165) is 0 Å². The summed E-state index contributed by atoms with van der Waals surface area (Å²) in [5.74, 6) is -1.67. The third-order valence-corrected chi connectivity index (χ3v) is 5.40. The fourth-order valence-corrected chi connectivity index (χ4v) is 4.26. The Morgan fingerprint density at radius 1 is 1.17 bits per heavy atom. The molecule has 7 heteroatoms. The lowest BCUT2D eigenvalue weighted by Crippen LogP contribution is -2.70. The number of para-hydroxylation sites is 1. The van der Waals surface area contributed by atoms with Crippen LogP contribution in [0.5, 0.6) is 0 Å². The van der Waals surface area contributed by atoms with Gasteiger partial charge in [-0.15, -0.1) is 0 Å². The Morgan fingerprint density at radius 2 is 1.93 bits per heavy atom. The second kappa shape index (κ2) is 6.99. The first kappa shape index (κ1) is 19.1. The van der Waals surface area contributed by atoms with Gasteiger partial charge in [-0.1, -0.05) is 24.3 Å². The zero-order valence-corrected chi connectivity index (χ0v) is 16.2. The largest absolute Gasteiger partial charge is 0.458 e. The highest BCUT2D eigenvalue weighted by Crippen LogP contribution is 2.46. The van der Waals surface area contributed by atoms with Gasteiger partial charge in [0.2, 0.25) is 11.6 Å². The van der Waals surface area contributed by atoms with Gasteiger partial charge in [0.1, 0.15) is 12.4 Å². The van der Waals surface area contributed by atoms with Crippen LogP contribution in [0.3, 0.4) is 0 Å². The van der Waals surface area contributed by atoms with Crippen LogP contribution in [0.15, 0.2) is 48.5 Å². The molecule has 2 aliphatic heterocycles. The molecule has 2 aromatic rings. The van der Waals surface area contributed by atoms with E-state index in [-0.39, 0.29) is 37.3 Å². The van der Waals surface area contributed by atoms with Gasteiger partial charge in [-0.3, -0.25) is 14.5 Å². The summed E-state index contributed by atoms with van der Waals surface area (Å²) in [6.07, 6.45) is 0.270. The van der Waals surface area contributed by atoms with Crippen molar-refractivity contribution in [3.05, 3.63) is 65.5 Å². The zero-order chi connectivity index (χ0) is 20.8. The first-order valence-electron chi connectivity index (χ1n) is 9.53. The van der Waals surface area contributed by atoms with Crippen LogP contribution in [0, 0.1) is 5.82 Å². The van der Waals surface area contributed by atoms with Crippen molar-refractivity contribution in [1.29, 1.82) is 0 Å². The minimum absolute atomic E-state index is 0.125. The highest BCUT2D eigenvalue weighted by atomic mass is 19.1. The predicted molar refractivity (Wildman–Crippen MR) is 103 cm³/mol. The summed E-state index contributed by atoms with van der Waals surface area (Å²) >= 11 is 0. The van der Waals surface area contributed by atoms with Crippen LogP contribution in [-0.4, -0.2) is 34.4 Å². The second-order valence-electron chi connectivity index (χ2n) is 7.54. The highest BCUT2D eigenvalue weighted by Gasteiger charge is 2.62. The maximum Gasteiger partial charge on any atom is 0.354 e. The van der Waals surface area contributed by atoms with Crippen LogP contribution in [-0.2, 0) is 20.9 Å². The molecule has 2 aromatic carbocycles. The predicted octanol–water partition coefficient (Wildman–Crippen LogP) is 3.26. The van der Waals surface area contributed by atoms with E-state index in [9.17, 15) is 18.8 Å². The highest BCUT2D eigenvalue weighted by molar-refractivity contribution is 6.15. The smallest absolute Gasteiger partial charge is 0.354 e. The minimum Gasteiger partial charge on any atom is -0.458 e. The molecule has 0 radical (unpaired) electrons. The van der Waals surface area contributed by atoms with E-state index in [2.05, 4.69) is 0 Å². The Morgan fingerprint density at radius 3 is 2.66 bits per heavy atom. The lowest BCUT2D eigenvalue weighted by atomic mass is 9.95. The van der Waals surface area contributed by atoms with Crippen LogP contribution in [0.1, 0.15) is 42.6 Å². The monoisotopic (exact) mass is 396 g/mol. The van der Waals surface area contributed by atoms with Crippen molar-refractivity contribution in [2.45, 2.75) is 45.0 Å². The molecule has 0 aliphatic carbocycles. The van der Waals surface area contributed by atoms with E-state index in [4.69, 9.17) is 4.74 Å². The van der Waals surface area contributed by atoms with Crippen molar-refractivity contribution in [1.82, 2.24) is 4.90 Å². The van der Waals surface area contributed by atoms with Gasteiger partial charge in [0.25, 0.3) is 5.91 Å². The maximum atomic E-state index is 13.4. The second-order valence-corrected chi connectivity index (χ2v) is 7.54. The Bertz CT molecular complexity index is 1010. The Labute approximate surface area is 167 Å². The molecule has 1 fully saturated rings. The number of anilines is 1. The van der Waals surface area contributed by atoms with E-state index in [0.29, 0.717) is 16.8 Å². The Balaban J connectivity index is 1.76. The molecule has 0 saturated carbocycles. The van der Waals surface area contributed by atoms with Gasteiger partial charge in [0.05, 0.1) is 11.3 Å². The van der Waals surface area contributed by atoms with E-state index in [1.807, 2.05) is 0 Å². The van der Waals surface area contributed by atoms with Crippen molar-refractivity contribution >= 4 is 23.5 Å². The summed E-state index contributed by atoms with van der Waals surface area (Å²) in [4.78, 5) is 42.3. The van der Waals surface area contributed by atoms with Crippen molar-refractivity contribution in [3.63, 3.8) is 0 Å². The van der Waals surface area contributed by atoms with Crippen molar-refractivity contribution in [2.24, 2.45) is 0 Å². The molecule has 1 atom stereocenters. The number of hydrogen-bond acceptors (Lipinski definition) is 4. The number of fused-ring (bicyclic) bond motifs is 3. The molecule has 29 heavy (non-hydrogen) atoms. The van der Waals surface area contributed by atoms with Gasteiger partial charge in [-0.2, -0.15) is 0 Å². The molecule has 2 aliphatic rings. The van der Waals surface area contributed by atoms with E-state index in [1.165, 1.54) is 28.0 Å². The maximum absolute atomic E-state index is 13.4. The number of esters is 1. The number of hydrogen-bond donors (Lipinski definition) is 0. The molecule has 0 bridgehead atoms. The number of carbonyl (C=O) groups excluding carboxylic acids is 3. The van der Waals surface area contributed by atoms with Crippen LogP contribution in [0.2, 0.25) is 0 Å². The Hall–Kier alpha value is -3.22. The lowest BCUT2D eigenvalue weighted by molar-refractivity contribution is -0.159. The summed E-state index contributed by atoms with van der Waals surface area (Å²) in [6, 6.07) is 12.2. The molecule has 2 amide bonds. The SMILES string of the molecule is CC(C)N1C(=O)c2ccccc2N2C(=O)CC[C@@]21C(=O)OCc1cccc(F)c1. The average molecular weight is 396 g/mol. The number of amides is 2. The topological polar surface area (TPSA) is 66.9 Å². The van der Waals surface area contributed by atoms with Gasteiger partial charge in [0.15, 0.2) is 0 Å². The number of nitrogens with zero attached hydrogens (tertiary/aromatic N) is 2. The lowest BCUT2D eigenvalue weighted by Gasteiger charge is -2.50. The van der Waals surface area contributed by atoms with E-state index in [1.54, 1.807) is 44.2 Å². The quantitative estimate of drug-likeness (QED) is 0.744. The molecule has 150 valence electrons. The third kappa shape index (κ3) is 2.88. The summed E-state index contributed by atoms with van der Waals surface area (Å²) < 4.78 is 19.0. The number of rotatable bonds is 4. The summed E-state index contributed by atoms with van der Waals surface area (Å²) in [5.41, 5.74) is -0.252. The van der Waals surface area contributed by atoms with Gasteiger partial charge in [0, 0.05) is 18.9 Å². The molecule has 1 saturated heterocycles. The normalized spacial score (nSPS) is 20.7. The first-order valence-corrected chi connectivity index (χ1v) is 9.53. The van der Waals surface area contributed by atoms with Crippen LogP contribution < -0.4 is 4.90 Å². The fraction of sp³-hybridized carbons (Fsp3) is 0.318. The standard InChI is InChI=1S/C22H21FN2O4/c1-14(2)24-20(27)17-8-3-4-9-18(17)25-19(26)10-11-22(24,25)21(28)29-13-15-6-5-7-16(23)12-15/h3-9,12,14H,10-11,13H2,1-2H3/t22-/m0/s1. The summed E-state index contributed by atoms with van der Waals surface area (Å²) in [7, 11) is 0. The molecule has 0 aromatic heterocycles. The van der Waals surface area contributed by atoms with Crippen molar-refractivity contribution in [2.75, 3.05) is 4.90 Å². The minimum atomic E-state index is -1.54. The zero-order valence-electron chi connectivity index (χ0n) is 16.2. The van der Waals surface area contributed by atoms with Gasteiger partial charge in [-0.05, 0) is 43.7 Å². The van der Waals surface area contributed by atoms with Gasteiger partial charge in [-0.25, -0.2) is 9.18 Å². The molecule has 0 N–H and O–H groups in total. The summed E-state index contributed by atoms with van der Waals surface area (Å²) in [6.45, 7) is 3.45. The van der Waals surface area contributed by atoms with E-state index < -0.39 is 17.4 Å². The van der Waals surface area contributed by atoms with E-state index >= 15 is 0 Å². The average Bonchev–Trinajstić information content (AvgIpc) is 3.04. The van der Waals surface area contributed by atoms with Crippen molar-refractivity contribution in [3.8, 4) is 0 Å². The molecule has 6 nitrogen and oxygen atoms in total. The van der Waals surface area contributed by atoms with Gasteiger partial charge < -0.3 is 9.64 Å². The number of carbonyl (C=O) groups is 3. The molecular formula is C22H21FN2O4.